The molecule has 1 unspecified atom stereocenters. The number of hydrogen-bond acceptors (Lipinski definition) is 5. The first kappa shape index (κ1) is 18.3. The van der Waals surface area contributed by atoms with E-state index in [1.165, 1.54) is 24.1 Å². The van der Waals surface area contributed by atoms with E-state index < -0.39 is 0 Å². The first-order valence-electron chi connectivity index (χ1n) is 9.93. The van der Waals surface area contributed by atoms with Crippen LogP contribution in [0.3, 0.4) is 0 Å². The van der Waals surface area contributed by atoms with Crippen molar-refractivity contribution in [3.8, 4) is 0 Å². The second-order valence-corrected chi connectivity index (χ2v) is 8.55. The number of halogens is 1. The van der Waals surface area contributed by atoms with Gasteiger partial charge in [0, 0.05) is 36.5 Å². The van der Waals surface area contributed by atoms with Crippen molar-refractivity contribution in [1.29, 1.82) is 0 Å². The number of hydrogen-bond donors (Lipinski definition) is 1. The van der Waals surface area contributed by atoms with Gasteiger partial charge in [-0.15, -0.1) is 11.3 Å². The average Bonchev–Trinajstić information content (AvgIpc) is 3.42. The van der Waals surface area contributed by atoms with E-state index in [4.69, 9.17) is 4.98 Å². The predicted molar refractivity (Wildman–Crippen MR) is 113 cm³/mol. The second-order valence-electron chi connectivity index (χ2n) is 7.69. The molecule has 0 saturated heterocycles. The molecule has 3 aromatic heterocycles. The van der Waals surface area contributed by atoms with Crippen LogP contribution in [-0.4, -0.2) is 24.3 Å². The van der Waals surface area contributed by atoms with E-state index in [1.807, 2.05) is 42.4 Å². The third kappa shape index (κ3) is 3.42. The van der Waals surface area contributed by atoms with Crippen molar-refractivity contribution in [2.45, 2.75) is 44.9 Å². The second kappa shape index (κ2) is 7.26. The van der Waals surface area contributed by atoms with Gasteiger partial charge in [0.1, 0.15) is 11.6 Å². The van der Waals surface area contributed by atoms with Gasteiger partial charge in [0.25, 0.3) is 0 Å². The van der Waals surface area contributed by atoms with Crippen molar-refractivity contribution in [2.24, 2.45) is 7.05 Å². The molecule has 0 aliphatic heterocycles. The van der Waals surface area contributed by atoms with Crippen LogP contribution in [0, 0.1) is 6.92 Å². The average molecular weight is 411 g/mol. The molecule has 0 spiro atoms. The Morgan fingerprint density at radius 3 is 2.93 bits per heavy atom. The van der Waals surface area contributed by atoms with Crippen LogP contribution in [0.25, 0.3) is 5.70 Å². The van der Waals surface area contributed by atoms with Crippen LogP contribution in [0.15, 0.2) is 35.9 Å². The highest BCUT2D eigenvalue weighted by atomic mass is 32.1. The molecule has 1 N–H and O–H groups in total. The normalized spacial score (nSPS) is 18.9. The van der Waals surface area contributed by atoms with Crippen molar-refractivity contribution < 1.29 is 4.39 Å². The zero-order valence-corrected chi connectivity index (χ0v) is 17.3. The van der Waals surface area contributed by atoms with Crippen LogP contribution >= 0.6 is 11.3 Å². The minimum atomic E-state index is -0.141. The summed E-state index contributed by atoms with van der Waals surface area (Å²) in [6, 6.07) is 0. The third-order valence-electron chi connectivity index (χ3n) is 5.60. The summed E-state index contributed by atoms with van der Waals surface area (Å²) in [5, 5.41) is 10.9. The fourth-order valence-corrected chi connectivity index (χ4v) is 4.87. The molecule has 0 aromatic carbocycles. The molecular formula is C21H23FN6S. The van der Waals surface area contributed by atoms with Gasteiger partial charge in [-0.3, -0.25) is 4.68 Å². The molecule has 5 rings (SSSR count). The van der Waals surface area contributed by atoms with Gasteiger partial charge in [0.05, 0.1) is 29.1 Å². The van der Waals surface area contributed by atoms with Crippen molar-refractivity contribution in [1.82, 2.24) is 24.3 Å². The topological polar surface area (TPSA) is 60.6 Å². The number of allylic oxidation sites excluding steroid dienone is 4. The summed E-state index contributed by atoms with van der Waals surface area (Å²) in [5.41, 5.74) is 4.82. The van der Waals surface area contributed by atoms with E-state index in [-0.39, 0.29) is 11.7 Å². The number of imidazole rings is 1. The van der Waals surface area contributed by atoms with Crippen LogP contribution in [0.5, 0.6) is 0 Å². The predicted octanol–water partition coefficient (Wildman–Crippen LogP) is 4.89. The Kier molecular flexibility index (Phi) is 4.58. The molecule has 3 heterocycles. The highest BCUT2D eigenvalue weighted by molar-refractivity contribution is 7.13. The Morgan fingerprint density at radius 1 is 1.28 bits per heavy atom. The number of anilines is 2. The van der Waals surface area contributed by atoms with Crippen LogP contribution in [-0.2, 0) is 19.9 Å². The van der Waals surface area contributed by atoms with E-state index in [0.29, 0.717) is 12.1 Å². The van der Waals surface area contributed by atoms with Gasteiger partial charge in [0.2, 0.25) is 0 Å². The molecule has 1 atom stereocenters. The zero-order chi connectivity index (χ0) is 20.0. The Morgan fingerprint density at radius 2 is 2.14 bits per heavy atom. The molecule has 6 nitrogen and oxygen atoms in total. The van der Waals surface area contributed by atoms with Gasteiger partial charge < -0.3 is 9.88 Å². The zero-order valence-electron chi connectivity index (χ0n) is 16.5. The van der Waals surface area contributed by atoms with Crippen LogP contribution in [0.1, 0.15) is 47.8 Å². The van der Waals surface area contributed by atoms with Crippen LogP contribution in [0.2, 0.25) is 0 Å². The number of nitrogens with one attached hydrogen (secondary N) is 1. The molecule has 0 amide bonds. The number of fused-ring (bicyclic) bond motifs is 1. The maximum absolute atomic E-state index is 14.8. The fraction of sp³-hybridized carbons (Fsp3) is 0.381. The lowest BCUT2D eigenvalue weighted by Crippen LogP contribution is -2.06. The van der Waals surface area contributed by atoms with Crippen molar-refractivity contribution >= 4 is 28.0 Å². The number of aryl methyl sites for hydroxylation is 3. The Hall–Kier alpha value is -2.74. The van der Waals surface area contributed by atoms with Crippen molar-refractivity contribution in [2.75, 3.05) is 5.32 Å². The summed E-state index contributed by atoms with van der Waals surface area (Å²) in [4.78, 5) is 8.92. The Labute approximate surface area is 172 Å². The minimum Gasteiger partial charge on any atom is -0.316 e. The van der Waals surface area contributed by atoms with E-state index in [1.54, 1.807) is 22.2 Å². The van der Waals surface area contributed by atoms with E-state index in [0.717, 1.165) is 35.2 Å². The maximum Gasteiger partial charge on any atom is 0.188 e. The summed E-state index contributed by atoms with van der Waals surface area (Å²) in [6.07, 6.45) is 12.2. The lowest BCUT2D eigenvalue weighted by molar-refractivity contribution is 0.560. The molecular weight excluding hydrogens is 387 g/mol. The van der Waals surface area contributed by atoms with Gasteiger partial charge in [-0.25, -0.2) is 14.4 Å². The molecule has 150 valence electrons. The molecule has 3 aromatic rings. The molecule has 2 aliphatic rings. The minimum absolute atomic E-state index is 0.0596. The lowest BCUT2D eigenvalue weighted by Gasteiger charge is -2.17. The smallest absolute Gasteiger partial charge is 0.188 e. The number of rotatable bonds is 4. The molecule has 29 heavy (non-hydrogen) atoms. The van der Waals surface area contributed by atoms with Gasteiger partial charge in [-0.05, 0) is 38.7 Å². The molecule has 0 bridgehead atoms. The number of nitrogens with zero attached hydrogens (tertiary/aromatic N) is 5. The van der Waals surface area contributed by atoms with E-state index >= 15 is 0 Å². The van der Waals surface area contributed by atoms with Crippen LogP contribution < -0.4 is 5.32 Å². The highest BCUT2D eigenvalue weighted by Gasteiger charge is 2.23. The highest BCUT2D eigenvalue weighted by Crippen LogP contribution is 2.36. The molecule has 0 radical (unpaired) electrons. The maximum atomic E-state index is 14.8. The van der Waals surface area contributed by atoms with Gasteiger partial charge in [0.15, 0.2) is 5.13 Å². The molecule has 2 aliphatic carbocycles. The third-order valence-corrected chi connectivity index (χ3v) is 6.38. The van der Waals surface area contributed by atoms with E-state index in [2.05, 4.69) is 15.4 Å². The Balaban J connectivity index is 1.33. The standard InChI is InChI=1S/C21H23FN6S/c1-13-10-28(12-23-13)19-8-7-14(9-16(19)22)18-11-29-21(24-18)25-20-15-5-3-4-6-17(15)26-27(20)2/h7-8,10-12,14H,3-6,9H2,1-2H3,(H,24,25). The van der Waals surface area contributed by atoms with Crippen LogP contribution in [0.4, 0.5) is 15.3 Å². The van der Waals surface area contributed by atoms with E-state index in [9.17, 15) is 4.39 Å². The largest absolute Gasteiger partial charge is 0.316 e. The quantitative estimate of drug-likeness (QED) is 0.666. The lowest BCUT2D eigenvalue weighted by atomic mass is 9.96. The van der Waals surface area contributed by atoms with Crippen molar-refractivity contribution in [3.63, 3.8) is 0 Å². The number of aromatic nitrogens is 5. The SMILES string of the molecule is Cc1cn(C2=C(F)CC(c3csc(Nc4c5c(nn4C)CCCC5)n3)C=C2)cn1. The summed E-state index contributed by atoms with van der Waals surface area (Å²) in [5.74, 6) is 0.831. The molecule has 0 fully saturated rings. The summed E-state index contributed by atoms with van der Waals surface area (Å²) >= 11 is 1.55. The molecule has 8 heteroatoms. The summed E-state index contributed by atoms with van der Waals surface area (Å²) in [6.45, 7) is 1.90. The van der Waals surface area contributed by atoms with Gasteiger partial charge in [-0.2, -0.15) is 5.10 Å². The monoisotopic (exact) mass is 410 g/mol. The first-order chi connectivity index (χ1) is 14.1. The summed E-state index contributed by atoms with van der Waals surface area (Å²) in [7, 11) is 1.97. The van der Waals surface area contributed by atoms with Gasteiger partial charge in [-0.1, -0.05) is 6.08 Å². The molecule has 0 saturated carbocycles. The first-order valence-corrected chi connectivity index (χ1v) is 10.8. The number of thiazole rings is 1. The van der Waals surface area contributed by atoms with Crippen molar-refractivity contribution in [3.05, 3.63) is 58.5 Å². The Bertz CT molecular complexity index is 1120. The van der Waals surface area contributed by atoms with Gasteiger partial charge >= 0.3 is 0 Å². The fourth-order valence-electron chi connectivity index (χ4n) is 4.10. The summed E-state index contributed by atoms with van der Waals surface area (Å²) < 4.78 is 18.4.